The Morgan fingerprint density at radius 3 is 2.62 bits per heavy atom. The Kier molecular flexibility index (Phi) is 4.37. The fraction of sp³-hybridized carbons (Fsp3) is 0.133. The maximum atomic E-state index is 12.2. The normalized spacial score (nSPS) is 10.2. The van der Waals surface area contributed by atoms with E-state index in [-0.39, 0.29) is 17.2 Å². The Labute approximate surface area is 130 Å². The quantitative estimate of drug-likeness (QED) is 0.666. The molecule has 0 aliphatic rings. The van der Waals surface area contributed by atoms with Gasteiger partial charge in [-0.15, -0.1) is 0 Å². The molecular weight excluding hydrogens is 336 g/mol. The predicted molar refractivity (Wildman–Crippen MR) is 84.7 cm³/mol. The smallest absolute Gasteiger partial charge is 0.284 e. The lowest BCUT2D eigenvalue weighted by molar-refractivity contribution is -0.385. The first kappa shape index (κ1) is 15.2. The van der Waals surface area contributed by atoms with Crippen LogP contribution in [0.25, 0.3) is 0 Å². The largest absolute Gasteiger partial charge is 0.322 e. The molecule has 2 aromatic carbocycles. The molecule has 1 amide bonds. The number of hydrogen-bond donors (Lipinski definition) is 1. The minimum atomic E-state index is -0.529. The summed E-state index contributed by atoms with van der Waals surface area (Å²) in [6, 6.07) is 9.89. The molecule has 0 bridgehead atoms. The van der Waals surface area contributed by atoms with Crippen LogP contribution >= 0.6 is 15.9 Å². The third kappa shape index (κ3) is 3.28. The van der Waals surface area contributed by atoms with Gasteiger partial charge in [0.2, 0.25) is 0 Å². The number of amides is 1. The van der Waals surface area contributed by atoms with E-state index < -0.39 is 4.92 Å². The highest BCUT2D eigenvalue weighted by molar-refractivity contribution is 9.10. The molecule has 0 heterocycles. The number of nitro benzene ring substituents is 1. The first-order chi connectivity index (χ1) is 9.90. The Balaban J connectivity index is 2.31. The van der Waals surface area contributed by atoms with Crippen LogP contribution < -0.4 is 5.32 Å². The molecule has 0 fully saturated rings. The second-order valence-corrected chi connectivity index (χ2v) is 5.48. The SMILES string of the molecule is Cc1cccc(NC(=O)c2ccc(Br)c([N+](=O)[O-])c2)c1C. The van der Waals surface area contributed by atoms with Gasteiger partial charge >= 0.3 is 0 Å². The molecule has 21 heavy (non-hydrogen) atoms. The van der Waals surface area contributed by atoms with E-state index in [4.69, 9.17) is 0 Å². The van der Waals surface area contributed by atoms with Gasteiger partial charge in [-0.2, -0.15) is 0 Å². The van der Waals surface area contributed by atoms with Crippen LogP contribution in [-0.2, 0) is 0 Å². The lowest BCUT2D eigenvalue weighted by atomic mass is 10.1. The van der Waals surface area contributed by atoms with Crippen molar-refractivity contribution in [2.24, 2.45) is 0 Å². The maximum Gasteiger partial charge on any atom is 0.284 e. The number of hydrogen-bond acceptors (Lipinski definition) is 3. The van der Waals surface area contributed by atoms with Crippen molar-refractivity contribution in [3.05, 3.63) is 67.7 Å². The standard InChI is InChI=1S/C15H13BrN2O3/c1-9-4-3-5-13(10(9)2)17-15(19)11-6-7-12(16)14(8-11)18(20)21/h3-8H,1-2H3,(H,17,19). The van der Waals surface area contributed by atoms with Crippen LogP contribution in [-0.4, -0.2) is 10.8 Å². The number of nitro groups is 1. The van der Waals surface area contributed by atoms with Gasteiger partial charge in [0.05, 0.1) is 9.40 Å². The van der Waals surface area contributed by atoms with Crippen molar-refractivity contribution < 1.29 is 9.72 Å². The summed E-state index contributed by atoms with van der Waals surface area (Å²) in [5.41, 5.74) is 2.84. The van der Waals surface area contributed by atoms with Gasteiger partial charge in [0.25, 0.3) is 11.6 Å². The van der Waals surface area contributed by atoms with Gasteiger partial charge < -0.3 is 5.32 Å². The minimum Gasteiger partial charge on any atom is -0.322 e. The minimum absolute atomic E-state index is 0.136. The molecule has 0 unspecified atom stereocenters. The lowest BCUT2D eigenvalue weighted by Crippen LogP contribution is -2.13. The van der Waals surface area contributed by atoms with Gasteiger partial charge in [-0.25, -0.2) is 0 Å². The fourth-order valence-electron chi connectivity index (χ4n) is 1.87. The summed E-state index contributed by atoms with van der Waals surface area (Å²) < 4.78 is 0.343. The summed E-state index contributed by atoms with van der Waals surface area (Å²) >= 11 is 3.09. The Morgan fingerprint density at radius 1 is 1.24 bits per heavy atom. The van der Waals surface area contributed by atoms with E-state index in [1.54, 1.807) is 6.07 Å². The Hall–Kier alpha value is -2.21. The average molecular weight is 349 g/mol. The van der Waals surface area contributed by atoms with Gasteiger partial charge in [-0.1, -0.05) is 12.1 Å². The zero-order valence-electron chi connectivity index (χ0n) is 11.5. The number of nitrogens with one attached hydrogen (secondary N) is 1. The second kappa shape index (κ2) is 6.05. The number of nitrogens with zero attached hydrogens (tertiary/aromatic N) is 1. The molecule has 0 saturated carbocycles. The number of anilines is 1. The molecule has 0 saturated heterocycles. The Morgan fingerprint density at radius 2 is 1.95 bits per heavy atom. The van der Waals surface area contributed by atoms with Crippen LogP contribution in [0.15, 0.2) is 40.9 Å². The third-order valence-electron chi connectivity index (χ3n) is 3.26. The van der Waals surface area contributed by atoms with E-state index in [2.05, 4.69) is 21.2 Å². The fourth-order valence-corrected chi connectivity index (χ4v) is 2.27. The molecule has 0 atom stereocenters. The van der Waals surface area contributed by atoms with Crippen LogP contribution in [0.3, 0.4) is 0 Å². The second-order valence-electron chi connectivity index (χ2n) is 4.62. The first-order valence-electron chi connectivity index (χ1n) is 6.21. The summed E-state index contributed by atoms with van der Waals surface area (Å²) in [6.45, 7) is 3.87. The van der Waals surface area contributed by atoms with E-state index in [0.717, 1.165) is 11.1 Å². The zero-order valence-corrected chi connectivity index (χ0v) is 13.1. The number of rotatable bonds is 3. The predicted octanol–water partition coefficient (Wildman–Crippen LogP) is 4.23. The topological polar surface area (TPSA) is 72.2 Å². The van der Waals surface area contributed by atoms with Crippen molar-refractivity contribution in [2.45, 2.75) is 13.8 Å². The van der Waals surface area contributed by atoms with Crippen LogP contribution in [0, 0.1) is 24.0 Å². The summed E-state index contributed by atoms with van der Waals surface area (Å²) in [7, 11) is 0. The van der Waals surface area contributed by atoms with Crippen molar-refractivity contribution >= 4 is 33.2 Å². The average Bonchev–Trinajstić information content (AvgIpc) is 2.44. The number of carbonyl (C=O) groups is 1. The Bertz CT molecular complexity index is 729. The molecule has 0 aliphatic heterocycles. The third-order valence-corrected chi connectivity index (χ3v) is 3.93. The molecule has 0 aromatic heterocycles. The molecule has 2 rings (SSSR count). The van der Waals surface area contributed by atoms with Crippen LogP contribution in [0.5, 0.6) is 0 Å². The van der Waals surface area contributed by atoms with Gasteiger partial charge in [0, 0.05) is 17.3 Å². The van der Waals surface area contributed by atoms with Crippen molar-refractivity contribution in [2.75, 3.05) is 5.32 Å². The van der Waals surface area contributed by atoms with E-state index in [9.17, 15) is 14.9 Å². The zero-order chi connectivity index (χ0) is 15.6. The van der Waals surface area contributed by atoms with Gasteiger partial charge in [0.1, 0.15) is 0 Å². The van der Waals surface area contributed by atoms with E-state index in [1.165, 1.54) is 18.2 Å². The molecule has 2 aromatic rings. The number of halogens is 1. The summed E-state index contributed by atoms with van der Waals surface area (Å²) in [6.07, 6.45) is 0. The monoisotopic (exact) mass is 348 g/mol. The van der Waals surface area contributed by atoms with Gasteiger partial charge in [-0.05, 0) is 59.1 Å². The highest BCUT2D eigenvalue weighted by Gasteiger charge is 2.16. The maximum absolute atomic E-state index is 12.2. The highest BCUT2D eigenvalue weighted by atomic mass is 79.9. The van der Waals surface area contributed by atoms with E-state index >= 15 is 0 Å². The molecule has 108 valence electrons. The van der Waals surface area contributed by atoms with Gasteiger partial charge in [0.15, 0.2) is 0 Å². The van der Waals surface area contributed by atoms with Crippen molar-refractivity contribution in [1.29, 1.82) is 0 Å². The first-order valence-corrected chi connectivity index (χ1v) is 7.01. The molecule has 0 spiro atoms. The number of carbonyl (C=O) groups excluding carboxylic acids is 1. The van der Waals surface area contributed by atoms with Crippen LogP contribution in [0.2, 0.25) is 0 Å². The summed E-state index contributed by atoms with van der Waals surface area (Å²) in [5.74, 6) is -0.376. The van der Waals surface area contributed by atoms with Crippen molar-refractivity contribution in [3.63, 3.8) is 0 Å². The summed E-state index contributed by atoms with van der Waals surface area (Å²) in [4.78, 5) is 22.6. The summed E-state index contributed by atoms with van der Waals surface area (Å²) in [5, 5.41) is 13.7. The molecule has 1 N–H and O–H groups in total. The number of aryl methyl sites for hydroxylation is 1. The van der Waals surface area contributed by atoms with E-state index in [0.29, 0.717) is 10.2 Å². The lowest BCUT2D eigenvalue weighted by Gasteiger charge is -2.10. The van der Waals surface area contributed by atoms with Gasteiger partial charge in [-0.3, -0.25) is 14.9 Å². The van der Waals surface area contributed by atoms with Crippen molar-refractivity contribution in [3.8, 4) is 0 Å². The highest BCUT2D eigenvalue weighted by Crippen LogP contribution is 2.26. The molecule has 6 heteroatoms. The molecule has 0 aliphatic carbocycles. The number of benzene rings is 2. The van der Waals surface area contributed by atoms with Crippen LogP contribution in [0.4, 0.5) is 11.4 Å². The van der Waals surface area contributed by atoms with Crippen molar-refractivity contribution in [1.82, 2.24) is 0 Å². The molecule has 5 nitrogen and oxygen atoms in total. The van der Waals surface area contributed by atoms with E-state index in [1.807, 2.05) is 26.0 Å². The molecule has 0 radical (unpaired) electrons. The van der Waals surface area contributed by atoms with Crippen LogP contribution in [0.1, 0.15) is 21.5 Å². The molecular formula is C15H13BrN2O3.